The summed E-state index contributed by atoms with van der Waals surface area (Å²) in [7, 11) is 0. The van der Waals surface area contributed by atoms with Crippen molar-refractivity contribution < 1.29 is 8.98 Å². The smallest absolute Gasteiger partial charge is 0.311 e. The summed E-state index contributed by atoms with van der Waals surface area (Å²) in [4.78, 5) is 5.09. The third-order valence-corrected chi connectivity index (χ3v) is 5.85. The summed E-state index contributed by atoms with van der Waals surface area (Å²) in [6, 6.07) is 14.8. The number of para-hydroxylation sites is 2. The zero-order valence-electron chi connectivity index (χ0n) is 9.99. The molecule has 0 aliphatic heterocycles. The molecule has 0 aliphatic carbocycles. The average molecular weight is 344 g/mol. The van der Waals surface area contributed by atoms with Crippen molar-refractivity contribution >= 4 is 50.0 Å². The van der Waals surface area contributed by atoms with Crippen molar-refractivity contribution in [3.63, 3.8) is 0 Å². The SMILES string of the molecule is O=P(Cl)(Cl)Sc1ccccc1-c1nc2ccccc2o1. The molecule has 0 aliphatic rings. The molecule has 0 atom stereocenters. The van der Waals surface area contributed by atoms with Gasteiger partial charge in [0.2, 0.25) is 5.89 Å². The molecule has 0 saturated carbocycles. The lowest BCUT2D eigenvalue weighted by Crippen LogP contribution is -1.80. The van der Waals surface area contributed by atoms with Gasteiger partial charge in [-0.3, -0.25) is 4.57 Å². The average Bonchev–Trinajstić information content (AvgIpc) is 2.81. The number of benzene rings is 2. The van der Waals surface area contributed by atoms with E-state index in [0.717, 1.165) is 22.5 Å². The lowest BCUT2D eigenvalue weighted by atomic mass is 10.2. The minimum absolute atomic E-state index is 0.455. The Morgan fingerprint density at radius 3 is 2.50 bits per heavy atom. The van der Waals surface area contributed by atoms with Gasteiger partial charge in [-0.05, 0) is 58.1 Å². The van der Waals surface area contributed by atoms with Crippen molar-refractivity contribution in [1.82, 2.24) is 4.98 Å². The summed E-state index contributed by atoms with van der Waals surface area (Å²) in [6.45, 7) is 0. The molecule has 2 aromatic carbocycles. The topological polar surface area (TPSA) is 43.1 Å². The van der Waals surface area contributed by atoms with Crippen molar-refractivity contribution in [3.8, 4) is 11.5 Å². The molecule has 20 heavy (non-hydrogen) atoms. The molecule has 3 aromatic rings. The van der Waals surface area contributed by atoms with Gasteiger partial charge in [0.15, 0.2) is 5.58 Å². The van der Waals surface area contributed by atoms with Gasteiger partial charge in [-0.15, -0.1) is 0 Å². The summed E-state index contributed by atoms with van der Waals surface area (Å²) in [5.74, 6) is 0.455. The highest BCUT2D eigenvalue weighted by molar-refractivity contribution is 8.72. The van der Waals surface area contributed by atoms with Crippen LogP contribution in [0.2, 0.25) is 0 Å². The molecule has 3 nitrogen and oxygen atoms in total. The number of rotatable bonds is 3. The van der Waals surface area contributed by atoms with E-state index in [1.165, 1.54) is 0 Å². The number of halogens is 2. The van der Waals surface area contributed by atoms with Gasteiger partial charge in [0, 0.05) is 4.90 Å². The number of nitrogens with zero attached hydrogens (tertiary/aromatic N) is 1. The normalized spacial score (nSPS) is 11.9. The second-order valence-electron chi connectivity index (χ2n) is 3.99. The van der Waals surface area contributed by atoms with Crippen LogP contribution in [0, 0.1) is 0 Å². The van der Waals surface area contributed by atoms with Crippen molar-refractivity contribution in [1.29, 1.82) is 0 Å². The Labute approximate surface area is 129 Å². The van der Waals surface area contributed by atoms with E-state index >= 15 is 0 Å². The van der Waals surface area contributed by atoms with Gasteiger partial charge < -0.3 is 4.42 Å². The van der Waals surface area contributed by atoms with Gasteiger partial charge in [-0.25, -0.2) is 4.98 Å². The van der Waals surface area contributed by atoms with Crippen LogP contribution in [0.3, 0.4) is 0 Å². The fourth-order valence-electron chi connectivity index (χ4n) is 1.82. The Hall–Kier alpha value is -0.930. The zero-order chi connectivity index (χ0) is 14.2. The highest BCUT2D eigenvalue weighted by Gasteiger charge is 2.20. The summed E-state index contributed by atoms with van der Waals surface area (Å²) in [5.41, 5.74) is 2.18. The second kappa shape index (κ2) is 5.45. The molecule has 1 heterocycles. The van der Waals surface area contributed by atoms with E-state index in [1.54, 1.807) is 6.07 Å². The van der Waals surface area contributed by atoms with E-state index in [1.807, 2.05) is 42.5 Å². The molecule has 0 N–H and O–H groups in total. The fraction of sp³-hybridized carbons (Fsp3) is 0. The van der Waals surface area contributed by atoms with Crippen LogP contribution in [0.4, 0.5) is 0 Å². The fourth-order valence-corrected chi connectivity index (χ4v) is 4.95. The van der Waals surface area contributed by atoms with E-state index < -0.39 is 5.05 Å². The maximum atomic E-state index is 11.6. The van der Waals surface area contributed by atoms with E-state index in [-0.39, 0.29) is 0 Å². The lowest BCUT2D eigenvalue weighted by Gasteiger charge is -2.05. The van der Waals surface area contributed by atoms with Crippen molar-refractivity contribution in [2.45, 2.75) is 4.90 Å². The first-order chi connectivity index (χ1) is 9.53. The Kier molecular flexibility index (Phi) is 3.83. The molecule has 0 saturated heterocycles. The predicted octanol–water partition coefficient (Wildman–Crippen LogP) is 6.17. The number of fused-ring (bicyclic) bond motifs is 1. The van der Waals surface area contributed by atoms with Crippen LogP contribution in [0.1, 0.15) is 0 Å². The number of hydrogen-bond acceptors (Lipinski definition) is 4. The third-order valence-electron chi connectivity index (χ3n) is 2.62. The monoisotopic (exact) mass is 343 g/mol. The van der Waals surface area contributed by atoms with E-state index in [2.05, 4.69) is 4.98 Å². The number of hydrogen-bond donors (Lipinski definition) is 0. The first-order valence-corrected chi connectivity index (χ1v) is 10.6. The molecule has 0 spiro atoms. The lowest BCUT2D eigenvalue weighted by molar-refractivity contribution is 0.600. The van der Waals surface area contributed by atoms with Crippen molar-refractivity contribution in [3.05, 3.63) is 48.5 Å². The standard InChI is InChI=1S/C13H8Cl2NO2PS/c14-19(15,17)20-12-8-4-1-5-9(12)13-16-10-6-2-3-7-11(10)18-13/h1-8H. The molecule has 0 unspecified atom stereocenters. The van der Waals surface area contributed by atoms with Crippen LogP contribution < -0.4 is 0 Å². The van der Waals surface area contributed by atoms with Gasteiger partial charge in [0.25, 0.3) is 0 Å². The van der Waals surface area contributed by atoms with Crippen molar-refractivity contribution in [2.24, 2.45) is 0 Å². The molecule has 0 bridgehead atoms. The number of aromatic nitrogens is 1. The predicted molar refractivity (Wildman–Crippen MR) is 84.6 cm³/mol. The molecule has 0 amide bonds. The van der Waals surface area contributed by atoms with Crippen molar-refractivity contribution in [2.75, 3.05) is 0 Å². The summed E-state index contributed by atoms with van der Waals surface area (Å²) in [6.07, 6.45) is 0. The maximum Gasteiger partial charge on any atom is 0.311 e. The van der Waals surface area contributed by atoms with Crippen LogP contribution in [-0.2, 0) is 4.57 Å². The molecule has 0 radical (unpaired) electrons. The quantitative estimate of drug-likeness (QED) is 0.533. The van der Waals surface area contributed by atoms with Gasteiger partial charge in [-0.1, -0.05) is 24.3 Å². The molecule has 7 heteroatoms. The Morgan fingerprint density at radius 1 is 1.05 bits per heavy atom. The minimum Gasteiger partial charge on any atom is -0.436 e. The third kappa shape index (κ3) is 3.04. The minimum atomic E-state index is -3.28. The van der Waals surface area contributed by atoms with Crippen LogP contribution in [0.5, 0.6) is 0 Å². The molecule has 3 rings (SSSR count). The summed E-state index contributed by atoms with van der Waals surface area (Å²) in [5, 5.41) is -3.28. The highest BCUT2D eigenvalue weighted by Crippen LogP contribution is 2.71. The summed E-state index contributed by atoms with van der Waals surface area (Å²) < 4.78 is 17.3. The van der Waals surface area contributed by atoms with Crippen LogP contribution >= 0.6 is 38.9 Å². The Balaban J connectivity index is 2.11. The summed E-state index contributed by atoms with van der Waals surface area (Å²) >= 11 is 12.2. The molecular weight excluding hydrogens is 336 g/mol. The van der Waals surface area contributed by atoms with E-state index in [4.69, 9.17) is 26.9 Å². The first-order valence-electron chi connectivity index (χ1n) is 5.67. The molecule has 1 aromatic heterocycles. The van der Waals surface area contributed by atoms with Gasteiger partial charge >= 0.3 is 5.05 Å². The van der Waals surface area contributed by atoms with Gasteiger partial charge in [-0.2, -0.15) is 0 Å². The second-order valence-corrected chi connectivity index (χ2v) is 12.1. The van der Waals surface area contributed by atoms with E-state index in [0.29, 0.717) is 16.4 Å². The highest BCUT2D eigenvalue weighted by atomic mass is 35.9. The van der Waals surface area contributed by atoms with Crippen LogP contribution in [-0.4, -0.2) is 4.98 Å². The Morgan fingerprint density at radius 2 is 1.75 bits per heavy atom. The first kappa shape index (κ1) is 14.0. The van der Waals surface area contributed by atoms with Gasteiger partial charge in [0.05, 0.1) is 5.56 Å². The molecular formula is C13H8Cl2NO2PS. The largest absolute Gasteiger partial charge is 0.436 e. The zero-order valence-corrected chi connectivity index (χ0v) is 13.2. The molecule has 0 fully saturated rings. The van der Waals surface area contributed by atoms with Crippen LogP contribution in [0.25, 0.3) is 22.6 Å². The van der Waals surface area contributed by atoms with Crippen LogP contribution in [0.15, 0.2) is 57.8 Å². The maximum absolute atomic E-state index is 11.6. The molecule has 102 valence electrons. The van der Waals surface area contributed by atoms with E-state index in [9.17, 15) is 4.57 Å². The Bertz CT molecular complexity index is 782. The van der Waals surface area contributed by atoms with Gasteiger partial charge in [0.1, 0.15) is 5.52 Å². The number of oxazole rings is 1.